The highest BCUT2D eigenvalue weighted by Crippen LogP contribution is 2.25. The molecule has 0 aliphatic rings. The second-order valence-electron chi connectivity index (χ2n) is 5.25. The van der Waals surface area contributed by atoms with Gasteiger partial charge in [-0.15, -0.1) is 0 Å². The summed E-state index contributed by atoms with van der Waals surface area (Å²) < 4.78 is 0. The van der Waals surface area contributed by atoms with Gasteiger partial charge in [-0.05, 0) is 12.3 Å². The van der Waals surface area contributed by atoms with Crippen LogP contribution in [0.25, 0.3) is 0 Å². The van der Waals surface area contributed by atoms with Gasteiger partial charge in [0.2, 0.25) is 5.95 Å². The van der Waals surface area contributed by atoms with Crippen LogP contribution in [0.2, 0.25) is 0 Å². The molecule has 1 aromatic rings. The Hall–Kier alpha value is -1.16. The SMILES string of the molecule is CC(N(C)c1ncc(CN)cn1)C(C)(C)C. The van der Waals surface area contributed by atoms with Gasteiger partial charge in [0, 0.05) is 37.6 Å². The number of aromatic nitrogens is 2. The molecular weight excluding hydrogens is 200 g/mol. The zero-order chi connectivity index (χ0) is 12.3. The van der Waals surface area contributed by atoms with Crippen LogP contribution in [0.5, 0.6) is 0 Å². The van der Waals surface area contributed by atoms with Crippen molar-refractivity contribution in [3.8, 4) is 0 Å². The number of hydrogen-bond acceptors (Lipinski definition) is 4. The molecule has 16 heavy (non-hydrogen) atoms. The molecule has 90 valence electrons. The Labute approximate surface area is 97.9 Å². The first kappa shape index (κ1) is 12.9. The lowest BCUT2D eigenvalue weighted by Crippen LogP contribution is -2.40. The van der Waals surface area contributed by atoms with E-state index in [9.17, 15) is 0 Å². The predicted molar refractivity (Wildman–Crippen MR) is 67.2 cm³/mol. The van der Waals surface area contributed by atoms with Crippen LogP contribution in [0.15, 0.2) is 12.4 Å². The van der Waals surface area contributed by atoms with Crippen molar-refractivity contribution in [1.82, 2.24) is 9.97 Å². The fourth-order valence-electron chi connectivity index (χ4n) is 1.39. The van der Waals surface area contributed by atoms with E-state index >= 15 is 0 Å². The molecule has 1 atom stereocenters. The number of nitrogens with two attached hydrogens (primary N) is 1. The van der Waals surface area contributed by atoms with E-state index in [0.717, 1.165) is 11.5 Å². The molecule has 0 aliphatic carbocycles. The van der Waals surface area contributed by atoms with Crippen LogP contribution >= 0.6 is 0 Å². The Balaban J connectivity index is 2.84. The summed E-state index contributed by atoms with van der Waals surface area (Å²) in [6.07, 6.45) is 3.57. The second-order valence-corrected chi connectivity index (χ2v) is 5.25. The number of nitrogens with zero attached hydrogens (tertiary/aromatic N) is 3. The summed E-state index contributed by atoms with van der Waals surface area (Å²) >= 11 is 0. The number of hydrogen-bond donors (Lipinski definition) is 1. The van der Waals surface area contributed by atoms with E-state index in [1.165, 1.54) is 0 Å². The standard InChI is InChI=1S/C12H22N4/c1-9(12(2,3)4)16(5)11-14-7-10(6-13)8-15-11/h7-9H,6,13H2,1-5H3. The summed E-state index contributed by atoms with van der Waals surface area (Å²) in [5, 5.41) is 0. The highest BCUT2D eigenvalue weighted by molar-refractivity contribution is 5.30. The van der Waals surface area contributed by atoms with Gasteiger partial charge in [-0.1, -0.05) is 20.8 Å². The van der Waals surface area contributed by atoms with Gasteiger partial charge >= 0.3 is 0 Å². The zero-order valence-corrected chi connectivity index (χ0v) is 10.9. The quantitative estimate of drug-likeness (QED) is 0.847. The van der Waals surface area contributed by atoms with E-state index in [1.807, 2.05) is 7.05 Å². The van der Waals surface area contributed by atoms with E-state index in [4.69, 9.17) is 5.73 Å². The van der Waals surface area contributed by atoms with Gasteiger partial charge in [-0.2, -0.15) is 0 Å². The highest BCUT2D eigenvalue weighted by Gasteiger charge is 2.25. The average molecular weight is 222 g/mol. The summed E-state index contributed by atoms with van der Waals surface area (Å²) in [5.74, 6) is 0.750. The minimum absolute atomic E-state index is 0.199. The summed E-state index contributed by atoms with van der Waals surface area (Å²) in [6, 6.07) is 0.372. The zero-order valence-electron chi connectivity index (χ0n) is 10.9. The first-order valence-electron chi connectivity index (χ1n) is 5.60. The van der Waals surface area contributed by atoms with Crippen molar-refractivity contribution in [2.24, 2.45) is 11.1 Å². The Morgan fingerprint density at radius 3 is 2.19 bits per heavy atom. The minimum Gasteiger partial charge on any atom is -0.341 e. The largest absolute Gasteiger partial charge is 0.341 e. The van der Waals surface area contributed by atoms with Crippen molar-refractivity contribution in [3.05, 3.63) is 18.0 Å². The smallest absolute Gasteiger partial charge is 0.225 e. The molecule has 4 nitrogen and oxygen atoms in total. The van der Waals surface area contributed by atoms with E-state index in [0.29, 0.717) is 12.6 Å². The number of rotatable bonds is 3. The van der Waals surface area contributed by atoms with Crippen LogP contribution in [0.1, 0.15) is 33.3 Å². The van der Waals surface area contributed by atoms with Crippen LogP contribution in [-0.4, -0.2) is 23.1 Å². The summed E-state index contributed by atoms with van der Waals surface area (Å²) in [5.41, 5.74) is 6.67. The Morgan fingerprint density at radius 1 is 1.31 bits per heavy atom. The van der Waals surface area contributed by atoms with Crippen LogP contribution in [0.3, 0.4) is 0 Å². The Kier molecular flexibility index (Phi) is 3.86. The fourth-order valence-corrected chi connectivity index (χ4v) is 1.39. The predicted octanol–water partition coefficient (Wildman–Crippen LogP) is 1.81. The Bertz CT molecular complexity index is 326. The Morgan fingerprint density at radius 2 is 1.81 bits per heavy atom. The second kappa shape index (κ2) is 4.78. The van der Waals surface area contributed by atoms with Crippen LogP contribution in [-0.2, 0) is 6.54 Å². The lowest BCUT2D eigenvalue weighted by atomic mass is 9.87. The van der Waals surface area contributed by atoms with Gasteiger partial charge in [0.1, 0.15) is 0 Å². The van der Waals surface area contributed by atoms with Crippen LogP contribution in [0.4, 0.5) is 5.95 Å². The molecular formula is C12H22N4. The molecule has 1 heterocycles. The van der Waals surface area contributed by atoms with Gasteiger partial charge in [-0.3, -0.25) is 0 Å². The fraction of sp³-hybridized carbons (Fsp3) is 0.667. The third kappa shape index (κ3) is 2.92. The van der Waals surface area contributed by atoms with Crippen molar-refractivity contribution < 1.29 is 0 Å². The molecule has 0 spiro atoms. The molecule has 0 radical (unpaired) electrons. The van der Waals surface area contributed by atoms with E-state index in [-0.39, 0.29) is 5.41 Å². The molecule has 1 aromatic heterocycles. The van der Waals surface area contributed by atoms with Gasteiger partial charge < -0.3 is 10.6 Å². The van der Waals surface area contributed by atoms with Crippen LogP contribution < -0.4 is 10.6 Å². The van der Waals surface area contributed by atoms with Crippen molar-refractivity contribution in [3.63, 3.8) is 0 Å². The molecule has 0 aliphatic heterocycles. The number of anilines is 1. The minimum atomic E-state index is 0.199. The third-order valence-electron chi connectivity index (χ3n) is 3.08. The van der Waals surface area contributed by atoms with E-state index in [2.05, 4.69) is 42.6 Å². The molecule has 0 aromatic carbocycles. The molecule has 4 heteroatoms. The van der Waals surface area contributed by atoms with Crippen LogP contribution in [0, 0.1) is 5.41 Å². The first-order chi connectivity index (χ1) is 7.36. The first-order valence-corrected chi connectivity index (χ1v) is 5.60. The van der Waals surface area contributed by atoms with Crippen molar-refractivity contribution in [2.45, 2.75) is 40.3 Å². The maximum Gasteiger partial charge on any atom is 0.225 e. The normalized spacial score (nSPS) is 13.6. The topological polar surface area (TPSA) is 55.0 Å². The summed E-state index contributed by atoms with van der Waals surface area (Å²) in [6.45, 7) is 9.30. The molecule has 1 rings (SSSR count). The molecule has 0 fully saturated rings. The monoisotopic (exact) mass is 222 g/mol. The summed E-state index contributed by atoms with van der Waals surface area (Å²) in [4.78, 5) is 10.7. The summed E-state index contributed by atoms with van der Waals surface area (Å²) in [7, 11) is 2.02. The lowest BCUT2D eigenvalue weighted by Gasteiger charge is -2.35. The maximum atomic E-state index is 5.51. The van der Waals surface area contributed by atoms with Crippen molar-refractivity contribution >= 4 is 5.95 Å². The van der Waals surface area contributed by atoms with Crippen molar-refractivity contribution in [2.75, 3.05) is 11.9 Å². The van der Waals surface area contributed by atoms with E-state index in [1.54, 1.807) is 12.4 Å². The average Bonchev–Trinajstić information content (AvgIpc) is 2.26. The van der Waals surface area contributed by atoms with Gasteiger partial charge in [0.05, 0.1) is 0 Å². The molecule has 2 N–H and O–H groups in total. The lowest BCUT2D eigenvalue weighted by molar-refractivity contribution is 0.327. The van der Waals surface area contributed by atoms with E-state index < -0.39 is 0 Å². The molecule has 0 amide bonds. The molecule has 0 saturated heterocycles. The van der Waals surface area contributed by atoms with Crippen molar-refractivity contribution in [1.29, 1.82) is 0 Å². The highest BCUT2D eigenvalue weighted by atomic mass is 15.2. The third-order valence-corrected chi connectivity index (χ3v) is 3.08. The maximum absolute atomic E-state index is 5.51. The molecule has 1 unspecified atom stereocenters. The van der Waals surface area contributed by atoms with Gasteiger partial charge in [0.25, 0.3) is 0 Å². The molecule has 0 bridgehead atoms. The molecule has 0 saturated carbocycles. The van der Waals surface area contributed by atoms with Gasteiger partial charge in [0.15, 0.2) is 0 Å². The van der Waals surface area contributed by atoms with Gasteiger partial charge in [-0.25, -0.2) is 9.97 Å².